The first-order valence-electron chi connectivity index (χ1n) is 7.88. The maximum Gasteiger partial charge on any atom is 0.220 e. The molecule has 0 unspecified atom stereocenters. The molecule has 5 heteroatoms. The summed E-state index contributed by atoms with van der Waals surface area (Å²) in [5.74, 6) is -0.916. The normalized spacial score (nSPS) is 10.4. The zero-order chi connectivity index (χ0) is 17.4. The van der Waals surface area contributed by atoms with Gasteiger partial charge in [0.1, 0.15) is 11.6 Å². The molecule has 0 aliphatic carbocycles. The predicted molar refractivity (Wildman–Crippen MR) is 89.4 cm³/mol. The Kier molecular flexibility index (Phi) is 6.49. The van der Waals surface area contributed by atoms with Gasteiger partial charge in [0, 0.05) is 19.4 Å². The SMILES string of the molecule is O=C(CCC(=O)c1ccccc1F)NCCCc1ccc(O)cc1. The van der Waals surface area contributed by atoms with Gasteiger partial charge in [-0.15, -0.1) is 0 Å². The summed E-state index contributed by atoms with van der Waals surface area (Å²) in [7, 11) is 0. The fraction of sp³-hybridized carbons (Fsp3) is 0.263. The summed E-state index contributed by atoms with van der Waals surface area (Å²) in [6.07, 6.45) is 1.59. The molecule has 0 bridgehead atoms. The molecule has 2 aromatic carbocycles. The number of phenolic OH excluding ortho intramolecular Hbond substituents is 1. The van der Waals surface area contributed by atoms with Crippen LogP contribution in [-0.2, 0) is 11.2 Å². The molecule has 4 nitrogen and oxygen atoms in total. The lowest BCUT2D eigenvalue weighted by Gasteiger charge is -2.06. The number of Topliss-reactive ketones (excluding diaryl/α,β-unsaturated/α-hetero) is 1. The highest BCUT2D eigenvalue weighted by molar-refractivity contribution is 5.98. The summed E-state index contributed by atoms with van der Waals surface area (Å²) in [4.78, 5) is 23.6. The van der Waals surface area contributed by atoms with Crippen LogP contribution in [-0.4, -0.2) is 23.3 Å². The van der Waals surface area contributed by atoms with Crippen LogP contribution in [0.3, 0.4) is 0 Å². The lowest BCUT2D eigenvalue weighted by molar-refractivity contribution is -0.121. The molecule has 0 atom stereocenters. The zero-order valence-electron chi connectivity index (χ0n) is 13.3. The molecule has 0 aromatic heterocycles. The van der Waals surface area contributed by atoms with E-state index in [1.807, 2.05) is 12.1 Å². The second-order valence-electron chi connectivity index (χ2n) is 5.52. The lowest BCUT2D eigenvalue weighted by atomic mass is 10.1. The fourth-order valence-electron chi connectivity index (χ4n) is 2.32. The van der Waals surface area contributed by atoms with Crippen LogP contribution in [0.1, 0.15) is 35.2 Å². The Labute approximate surface area is 140 Å². The van der Waals surface area contributed by atoms with Crippen LogP contribution in [0, 0.1) is 5.82 Å². The maximum absolute atomic E-state index is 13.5. The molecule has 0 saturated heterocycles. The maximum atomic E-state index is 13.5. The molecular formula is C19H20FNO3. The third-order valence-corrected chi connectivity index (χ3v) is 3.65. The summed E-state index contributed by atoms with van der Waals surface area (Å²) in [6, 6.07) is 12.7. The van der Waals surface area contributed by atoms with Crippen LogP contribution in [0.4, 0.5) is 4.39 Å². The van der Waals surface area contributed by atoms with Gasteiger partial charge >= 0.3 is 0 Å². The Bertz CT molecular complexity index is 698. The van der Waals surface area contributed by atoms with Crippen molar-refractivity contribution in [1.82, 2.24) is 5.32 Å². The van der Waals surface area contributed by atoms with Crippen LogP contribution in [0.15, 0.2) is 48.5 Å². The van der Waals surface area contributed by atoms with E-state index >= 15 is 0 Å². The number of carbonyl (C=O) groups is 2. The first kappa shape index (κ1) is 17.7. The topological polar surface area (TPSA) is 66.4 Å². The molecule has 2 N–H and O–H groups in total. The molecule has 2 aromatic rings. The van der Waals surface area contributed by atoms with Gasteiger partial charge in [-0.2, -0.15) is 0 Å². The zero-order valence-corrected chi connectivity index (χ0v) is 13.3. The summed E-state index contributed by atoms with van der Waals surface area (Å²) in [6.45, 7) is 0.508. The van der Waals surface area contributed by atoms with E-state index in [0.717, 1.165) is 18.4 Å². The van der Waals surface area contributed by atoms with Crippen LogP contribution in [0.5, 0.6) is 5.75 Å². The Morgan fingerprint density at radius 3 is 2.42 bits per heavy atom. The van der Waals surface area contributed by atoms with Crippen molar-refractivity contribution in [2.75, 3.05) is 6.54 Å². The van der Waals surface area contributed by atoms with Crippen molar-refractivity contribution in [3.8, 4) is 5.75 Å². The van der Waals surface area contributed by atoms with Crippen molar-refractivity contribution in [3.63, 3.8) is 0 Å². The number of nitrogens with one attached hydrogen (secondary N) is 1. The number of hydrogen-bond donors (Lipinski definition) is 2. The van der Waals surface area contributed by atoms with E-state index in [0.29, 0.717) is 6.54 Å². The van der Waals surface area contributed by atoms with Crippen LogP contribution in [0.25, 0.3) is 0 Å². The van der Waals surface area contributed by atoms with Crippen molar-refractivity contribution in [2.24, 2.45) is 0 Å². The number of phenols is 1. The molecule has 0 radical (unpaired) electrons. The average Bonchev–Trinajstić information content (AvgIpc) is 2.58. The predicted octanol–water partition coefficient (Wildman–Crippen LogP) is 3.24. The minimum atomic E-state index is -0.559. The molecular weight excluding hydrogens is 309 g/mol. The number of amides is 1. The number of halogens is 1. The van der Waals surface area contributed by atoms with Crippen molar-refractivity contribution in [3.05, 3.63) is 65.5 Å². The van der Waals surface area contributed by atoms with Crippen molar-refractivity contribution < 1.29 is 19.1 Å². The van der Waals surface area contributed by atoms with E-state index in [4.69, 9.17) is 0 Å². The summed E-state index contributed by atoms with van der Waals surface area (Å²) in [5.41, 5.74) is 1.11. The van der Waals surface area contributed by atoms with Crippen LogP contribution >= 0.6 is 0 Å². The smallest absolute Gasteiger partial charge is 0.220 e. The number of aryl methyl sites for hydroxylation is 1. The first-order valence-corrected chi connectivity index (χ1v) is 7.88. The van der Waals surface area contributed by atoms with E-state index in [9.17, 15) is 19.1 Å². The van der Waals surface area contributed by atoms with Crippen molar-refractivity contribution >= 4 is 11.7 Å². The molecule has 126 valence electrons. The summed E-state index contributed by atoms with van der Waals surface area (Å²) in [5, 5.41) is 11.9. The molecule has 0 spiro atoms. The second kappa shape index (κ2) is 8.82. The number of carbonyl (C=O) groups excluding carboxylic acids is 2. The lowest BCUT2D eigenvalue weighted by Crippen LogP contribution is -2.25. The van der Waals surface area contributed by atoms with Gasteiger partial charge in [-0.1, -0.05) is 24.3 Å². The van der Waals surface area contributed by atoms with Gasteiger partial charge in [-0.3, -0.25) is 9.59 Å². The molecule has 0 heterocycles. The Morgan fingerprint density at radius 1 is 1.00 bits per heavy atom. The van der Waals surface area contributed by atoms with E-state index < -0.39 is 5.82 Å². The highest BCUT2D eigenvalue weighted by atomic mass is 19.1. The Balaban J connectivity index is 1.65. The molecule has 24 heavy (non-hydrogen) atoms. The fourth-order valence-corrected chi connectivity index (χ4v) is 2.32. The van der Waals surface area contributed by atoms with Gasteiger partial charge in [-0.25, -0.2) is 4.39 Å². The quantitative estimate of drug-likeness (QED) is 0.577. The number of rotatable bonds is 8. The van der Waals surface area contributed by atoms with Crippen molar-refractivity contribution in [1.29, 1.82) is 0 Å². The Morgan fingerprint density at radius 2 is 1.71 bits per heavy atom. The average molecular weight is 329 g/mol. The molecule has 0 aliphatic rings. The third-order valence-electron chi connectivity index (χ3n) is 3.65. The van der Waals surface area contributed by atoms with Gasteiger partial charge < -0.3 is 10.4 Å². The van der Waals surface area contributed by atoms with Gasteiger partial charge in [0.05, 0.1) is 5.56 Å². The third kappa shape index (κ3) is 5.50. The van der Waals surface area contributed by atoms with E-state index in [2.05, 4.69) is 5.32 Å². The summed E-state index contributed by atoms with van der Waals surface area (Å²) < 4.78 is 13.5. The van der Waals surface area contributed by atoms with E-state index in [-0.39, 0.29) is 35.8 Å². The number of aromatic hydroxyl groups is 1. The molecule has 0 saturated carbocycles. The summed E-state index contributed by atoms with van der Waals surface area (Å²) >= 11 is 0. The first-order chi connectivity index (χ1) is 11.6. The van der Waals surface area contributed by atoms with Crippen LogP contribution in [0.2, 0.25) is 0 Å². The Hall–Kier alpha value is -2.69. The monoisotopic (exact) mass is 329 g/mol. The minimum absolute atomic E-state index is 0.00920. The molecule has 0 aliphatic heterocycles. The number of benzene rings is 2. The van der Waals surface area contributed by atoms with E-state index in [1.165, 1.54) is 18.2 Å². The van der Waals surface area contributed by atoms with Gasteiger partial charge in [0.15, 0.2) is 5.78 Å². The molecule has 0 fully saturated rings. The minimum Gasteiger partial charge on any atom is -0.508 e. The molecule has 2 rings (SSSR count). The highest BCUT2D eigenvalue weighted by Gasteiger charge is 2.12. The largest absolute Gasteiger partial charge is 0.508 e. The van der Waals surface area contributed by atoms with Gasteiger partial charge in [0.2, 0.25) is 5.91 Å². The van der Waals surface area contributed by atoms with Gasteiger partial charge in [-0.05, 0) is 42.7 Å². The van der Waals surface area contributed by atoms with Crippen molar-refractivity contribution in [2.45, 2.75) is 25.7 Å². The molecule has 1 amide bonds. The second-order valence-corrected chi connectivity index (χ2v) is 5.52. The number of ketones is 1. The van der Waals surface area contributed by atoms with Crippen LogP contribution < -0.4 is 5.32 Å². The highest BCUT2D eigenvalue weighted by Crippen LogP contribution is 2.11. The standard InChI is InChI=1S/C19H20FNO3/c20-17-6-2-1-5-16(17)18(23)11-12-19(24)21-13-3-4-14-7-9-15(22)10-8-14/h1-2,5-10,22H,3-4,11-13H2,(H,21,24). The number of hydrogen-bond acceptors (Lipinski definition) is 3. The van der Waals surface area contributed by atoms with E-state index in [1.54, 1.807) is 18.2 Å². The van der Waals surface area contributed by atoms with Gasteiger partial charge in [0.25, 0.3) is 0 Å².